The molecule has 1 aromatic rings. The third-order valence-electron chi connectivity index (χ3n) is 8.54. The summed E-state index contributed by atoms with van der Waals surface area (Å²) in [6, 6.07) is 3.37. The number of benzene rings is 1. The number of epoxide rings is 1. The average Bonchev–Trinajstić information content (AvgIpc) is 3.50. The predicted molar refractivity (Wildman–Crippen MR) is 154 cm³/mol. The molecule has 1 saturated carbocycles. The molecule has 4 unspecified atom stereocenters. The van der Waals surface area contributed by atoms with Gasteiger partial charge in [0.2, 0.25) is 17.7 Å². The van der Waals surface area contributed by atoms with E-state index in [2.05, 4.69) is 16.0 Å². The number of carbonyl (C=O) groups excluding carboxylic acids is 4. The highest BCUT2D eigenvalue weighted by Crippen LogP contribution is 2.33. The summed E-state index contributed by atoms with van der Waals surface area (Å²) < 4.78 is 34.5. The zero-order valence-corrected chi connectivity index (χ0v) is 25.5. The third-order valence-corrected chi connectivity index (χ3v) is 9.67. The van der Waals surface area contributed by atoms with Crippen molar-refractivity contribution in [3.05, 3.63) is 29.8 Å². The van der Waals surface area contributed by atoms with Crippen molar-refractivity contribution in [2.24, 2.45) is 11.8 Å². The second-order valence-corrected chi connectivity index (χ2v) is 14.1. The summed E-state index contributed by atoms with van der Waals surface area (Å²) in [5.41, 5.74) is -0.294. The van der Waals surface area contributed by atoms with Gasteiger partial charge in [-0.2, -0.15) is 0 Å². The minimum Gasteiger partial charge on any atom is -0.381 e. The SMILES string of the molecule is CC(NC(=O)C1CCOCC1)C(=O)NC(Cc1ccc(S(C)(=O)=O)cc1)C(=O)NC(CC1CCCC1)C(=O)C1(C)CO1. The third kappa shape index (κ3) is 8.61. The zero-order chi connectivity index (χ0) is 30.5. The van der Waals surface area contributed by atoms with Crippen LogP contribution in [0.2, 0.25) is 0 Å². The van der Waals surface area contributed by atoms with Crippen LogP contribution in [0.5, 0.6) is 0 Å². The molecular weight excluding hydrogens is 562 g/mol. The molecule has 2 aliphatic heterocycles. The topological polar surface area (TPSA) is 160 Å². The maximum Gasteiger partial charge on any atom is 0.243 e. The molecule has 3 amide bonds. The van der Waals surface area contributed by atoms with E-state index >= 15 is 0 Å². The van der Waals surface area contributed by atoms with Crippen molar-refractivity contribution in [3.63, 3.8) is 0 Å². The molecule has 1 aromatic carbocycles. The van der Waals surface area contributed by atoms with Gasteiger partial charge in [-0.1, -0.05) is 37.8 Å². The fourth-order valence-corrected chi connectivity index (χ4v) is 6.30. The van der Waals surface area contributed by atoms with Gasteiger partial charge < -0.3 is 25.4 Å². The summed E-state index contributed by atoms with van der Waals surface area (Å²) >= 11 is 0. The lowest BCUT2D eigenvalue weighted by molar-refractivity contribution is -0.135. The van der Waals surface area contributed by atoms with Crippen molar-refractivity contribution >= 4 is 33.3 Å². The number of amides is 3. The Bertz CT molecular complexity index is 1250. The first-order valence-electron chi connectivity index (χ1n) is 14.8. The van der Waals surface area contributed by atoms with Crippen molar-refractivity contribution in [1.82, 2.24) is 16.0 Å². The van der Waals surface area contributed by atoms with Crippen LogP contribution in [0.3, 0.4) is 0 Å². The Balaban J connectivity index is 1.49. The van der Waals surface area contributed by atoms with E-state index in [1.54, 1.807) is 26.0 Å². The number of ketones is 1. The lowest BCUT2D eigenvalue weighted by Crippen LogP contribution is -2.57. The molecule has 0 radical (unpaired) electrons. The van der Waals surface area contributed by atoms with Crippen molar-refractivity contribution in [2.75, 3.05) is 26.1 Å². The van der Waals surface area contributed by atoms with Crippen LogP contribution >= 0.6 is 0 Å². The van der Waals surface area contributed by atoms with E-state index in [0.717, 1.165) is 31.9 Å². The minimum atomic E-state index is -3.41. The Morgan fingerprint density at radius 2 is 1.52 bits per heavy atom. The van der Waals surface area contributed by atoms with Crippen LogP contribution in [-0.4, -0.2) is 81.7 Å². The van der Waals surface area contributed by atoms with E-state index in [1.807, 2.05) is 0 Å². The van der Waals surface area contributed by atoms with Crippen molar-refractivity contribution in [3.8, 4) is 0 Å². The molecule has 2 saturated heterocycles. The van der Waals surface area contributed by atoms with E-state index < -0.39 is 45.4 Å². The maximum atomic E-state index is 13.7. The van der Waals surface area contributed by atoms with Crippen LogP contribution in [-0.2, 0) is 44.9 Å². The van der Waals surface area contributed by atoms with Crippen LogP contribution in [0.15, 0.2) is 29.2 Å². The lowest BCUT2D eigenvalue weighted by atomic mass is 9.90. The van der Waals surface area contributed by atoms with Crippen LogP contribution in [0, 0.1) is 11.8 Å². The maximum absolute atomic E-state index is 13.7. The summed E-state index contributed by atoms with van der Waals surface area (Å²) in [7, 11) is -3.41. The largest absolute Gasteiger partial charge is 0.381 e. The molecule has 2 heterocycles. The van der Waals surface area contributed by atoms with Gasteiger partial charge in [-0.05, 0) is 56.7 Å². The fraction of sp³-hybridized carbons (Fsp3) is 0.667. The molecule has 3 fully saturated rings. The highest BCUT2D eigenvalue weighted by atomic mass is 32.2. The van der Waals surface area contributed by atoms with E-state index in [0.29, 0.717) is 50.6 Å². The van der Waals surface area contributed by atoms with Crippen molar-refractivity contribution in [2.45, 2.75) is 93.8 Å². The van der Waals surface area contributed by atoms with Gasteiger partial charge in [-0.15, -0.1) is 0 Å². The van der Waals surface area contributed by atoms with Gasteiger partial charge in [0, 0.05) is 31.8 Å². The number of hydrogen-bond donors (Lipinski definition) is 3. The van der Waals surface area contributed by atoms with Crippen LogP contribution < -0.4 is 16.0 Å². The predicted octanol–water partition coefficient (Wildman–Crippen LogP) is 1.47. The van der Waals surface area contributed by atoms with Gasteiger partial charge in [0.15, 0.2) is 15.6 Å². The Morgan fingerprint density at radius 3 is 2.10 bits per heavy atom. The first-order valence-corrected chi connectivity index (χ1v) is 16.7. The van der Waals surface area contributed by atoms with Gasteiger partial charge in [0.1, 0.15) is 17.7 Å². The molecule has 3 N–H and O–H groups in total. The number of ether oxygens (including phenoxy) is 2. The van der Waals surface area contributed by atoms with Gasteiger partial charge in [-0.3, -0.25) is 19.2 Å². The molecule has 0 spiro atoms. The number of Topliss-reactive ketones (excluding diaryl/α,β-unsaturated/α-hetero) is 1. The Kier molecular flexibility index (Phi) is 10.4. The van der Waals surface area contributed by atoms with E-state index in [9.17, 15) is 27.6 Å². The smallest absolute Gasteiger partial charge is 0.243 e. The molecule has 0 bridgehead atoms. The molecule has 11 nitrogen and oxygen atoms in total. The van der Waals surface area contributed by atoms with Gasteiger partial charge >= 0.3 is 0 Å². The summed E-state index contributed by atoms with van der Waals surface area (Å²) in [4.78, 5) is 53.1. The zero-order valence-electron chi connectivity index (χ0n) is 24.6. The molecule has 4 atom stereocenters. The standard InChI is InChI=1S/C30H43N3O8S/c1-19(31-28(36)22-12-14-40-15-13-22)27(35)33-25(17-21-8-10-23(11-9-21)42(3,38)39)29(37)32-24(16-20-6-4-5-7-20)26(34)30(2)18-41-30/h8-11,19-20,22,24-25H,4-7,12-18H2,1-3H3,(H,31,36)(H,32,37)(H,33,35). The Labute approximate surface area is 247 Å². The summed E-state index contributed by atoms with van der Waals surface area (Å²) in [5.74, 6) is -1.41. The molecular formula is C30H43N3O8S. The first kappa shape index (κ1) is 32.1. The summed E-state index contributed by atoms with van der Waals surface area (Å²) in [6.07, 6.45) is 7.00. The Morgan fingerprint density at radius 1 is 0.929 bits per heavy atom. The van der Waals surface area contributed by atoms with Crippen LogP contribution in [0.25, 0.3) is 0 Å². The molecule has 3 aliphatic rings. The second kappa shape index (κ2) is 13.6. The van der Waals surface area contributed by atoms with Gasteiger partial charge in [0.25, 0.3) is 0 Å². The molecule has 42 heavy (non-hydrogen) atoms. The molecule has 4 rings (SSSR count). The normalized spacial score (nSPS) is 23.4. The highest BCUT2D eigenvalue weighted by molar-refractivity contribution is 7.90. The highest BCUT2D eigenvalue weighted by Gasteiger charge is 2.50. The number of sulfone groups is 1. The quantitative estimate of drug-likeness (QED) is 0.285. The molecule has 0 aromatic heterocycles. The molecule has 232 valence electrons. The Hall–Kier alpha value is -2.83. The molecule has 1 aliphatic carbocycles. The summed E-state index contributed by atoms with van der Waals surface area (Å²) in [5, 5.41) is 8.40. The minimum absolute atomic E-state index is 0.0559. The first-order chi connectivity index (χ1) is 19.9. The van der Waals surface area contributed by atoms with Crippen molar-refractivity contribution in [1.29, 1.82) is 0 Å². The van der Waals surface area contributed by atoms with Crippen LogP contribution in [0.4, 0.5) is 0 Å². The fourth-order valence-electron chi connectivity index (χ4n) is 5.67. The average molecular weight is 606 g/mol. The lowest BCUT2D eigenvalue weighted by Gasteiger charge is -2.27. The van der Waals surface area contributed by atoms with E-state index in [-0.39, 0.29) is 28.9 Å². The van der Waals surface area contributed by atoms with Gasteiger partial charge in [-0.25, -0.2) is 8.42 Å². The van der Waals surface area contributed by atoms with Crippen LogP contribution in [0.1, 0.15) is 64.4 Å². The number of carbonyl (C=O) groups is 4. The number of rotatable bonds is 13. The van der Waals surface area contributed by atoms with Crippen molar-refractivity contribution < 1.29 is 37.1 Å². The molecule has 12 heteroatoms. The monoisotopic (exact) mass is 605 g/mol. The number of nitrogens with one attached hydrogen (secondary N) is 3. The second-order valence-electron chi connectivity index (χ2n) is 12.1. The number of hydrogen-bond acceptors (Lipinski definition) is 8. The van der Waals surface area contributed by atoms with Gasteiger partial charge in [0.05, 0.1) is 17.5 Å². The summed E-state index contributed by atoms with van der Waals surface area (Å²) in [6.45, 7) is 4.56. The van der Waals surface area contributed by atoms with E-state index in [1.165, 1.54) is 12.1 Å². The van der Waals surface area contributed by atoms with E-state index in [4.69, 9.17) is 9.47 Å².